The molecule has 176 valence electrons. The maximum Gasteiger partial charge on any atom is 0.251 e. The number of carbonyl (C=O) groups excluding carboxylic acids is 2. The van der Waals surface area contributed by atoms with E-state index in [0.717, 1.165) is 23.3 Å². The fourth-order valence-corrected chi connectivity index (χ4v) is 5.27. The van der Waals surface area contributed by atoms with Crippen molar-refractivity contribution in [3.05, 3.63) is 101 Å². The van der Waals surface area contributed by atoms with Crippen LogP contribution in [0.4, 0.5) is 0 Å². The Kier molecular flexibility index (Phi) is 7.91. The summed E-state index contributed by atoms with van der Waals surface area (Å²) in [5, 5.41) is 3.04. The molecule has 3 aromatic rings. The van der Waals surface area contributed by atoms with Gasteiger partial charge in [-0.1, -0.05) is 54.6 Å². The highest BCUT2D eigenvalue weighted by Crippen LogP contribution is 2.38. The molecule has 0 radical (unpaired) electrons. The van der Waals surface area contributed by atoms with Crippen LogP contribution in [-0.2, 0) is 11.2 Å². The van der Waals surface area contributed by atoms with Gasteiger partial charge in [-0.15, -0.1) is 11.8 Å². The summed E-state index contributed by atoms with van der Waals surface area (Å²) in [6.07, 6.45) is 0.827. The molecule has 0 bridgehead atoms. The lowest BCUT2D eigenvalue weighted by molar-refractivity contribution is -0.128. The molecule has 1 saturated heterocycles. The van der Waals surface area contributed by atoms with Crippen LogP contribution in [-0.4, -0.2) is 35.6 Å². The third kappa shape index (κ3) is 5.81. The Bertz CT molecular complexity index is 1100. The highest BCUT2D eigenvalue weighted by molar-refractivity contribution is 8.00. The minimum Gasteiger partial charge on any atom is -0.494 e. The second-order valence-electron chi connectivity index (χ2n) is 8.31. The molecule has 0 spiro atoms. The van der Waals surface area contributed by atoms with Gasteiger partial charge in [-0.25, -0.2) is 0 Å². The van der Waals surface area contributed by atoms with Gasteiger partial charge in [0.1, 0.15) is 11.1 Å². The van der Waals surface area contributed by atoms with Gasteiger partial charge in [-0.2, -0.15) is 0 Å². The Morgan fingerprint density at radius 3 is 2.44 bits per heavy atom. The van der Waals surface area contributed by atoms with Gasteiger partial charge >= 0.3 is 0 Å². The van der Waals surface area contributed by atoms with Crippen molar-refractivity contribution in [3.63, 3.8) is 0 Å². The SMILES string of the molecule is CCOc1ccc(C(C)NC(=O)c2ccc(C3SCC(=O)N3CCc3ccccc3)cc2)cc1. The zero-order valence-corrected chi connectivity index (χ0v) is 20.4. The maximum absolute atomic E-state index is 12.8. The molecule has 0 saturated carbocycles. The van der Waals surface area contributed by atoms with E-state index in [0.29, 0.717) is 24.5 Å². The molecular formula is C28H30N2O3S. The first kappa shape index (κ1) is 23.9. The predicted octanol–water partition coefficient (Wildman–Crippen LogP) is 5.39. The molecule has 1 N–H and O–H groups in total. The second-order valence-corrected chi connectivity index (χ2v) is 9.37. The second kappa shape index (κ2) is 11.3. The summed E-state index contributed by atoms with van der Waals surface area (Å²) in [7, 11) is 0. The first-order valence-electron chi connectivity index (χ1n) is 11.6. The smallest absolute Gasteiger partial charge is 0.251 e. The van der Waals surface area contributed by atoms with Gasteiger partial charge in [0, 0.05) is 12.1 Å². The summed E-state index contributed by atoms with van der Waals surface area (Å²) in [6, 6.07) is 25.5. The number of rotatable bonds is 9. The van der Waals surface area contributed by atoms with Crippen molar-refractivity contribution in [2.75, 3.05) is 18.9 Å². The number of hydrogen-bond acceptors (Lipinski definition) is 4. The van der Waals surface area contributed by atoms with Gasteiger partial charge in [0.15, 0.2) is 0 Å². The Morgan fingerprint density at radius 1 is 1.06 bits per heavy atom. The van der Waals surface area contributed by atoms with E-state index >= 15 is 0 Å². The summed E-state index contributed by atoms with van der Waals surface area (Å²) in [5.41, 5.74) is 3.88. The van der Waals surface area contributed by atoms with E-state index in [1.807, 2.05) is 85.5 Å². The first-order chi connectivity index (χ1) is 16.5. The van der Waals surface area contributed by atoms with Gasteiger partial charge in [0.25, 0.3) is 5.91 Å². The quantitative estimate of drug-likeness (QED) is 0.452. The number of nitrogens with zero attached hydrogens (tertiary/aromatic N) is 1. The topological polar surface area (TPSA) is 58.6 Å². The lowest BCUT2D eigenvalue weighted by atomic mass is 10.1. The van der Waals surface area contributed by atoms with E-state index in [1.54, 1.807) is 11.8 Å². The monoisotopic (exact) mass is 474 g/mol. The number of benzene rings is 3. The van der Waals surface area contributed by atoms with Crippen molar-refractivity contribution in [2.24, 2.45) is 0 Å². The Balaban J connectivity index is 1.37. The lowest BCUT2D eigenvalue weighted by Crippen LogP contribution is -2.30. The number of thioether (sulfide) groups is 1. The summed E-state index contributed by atoms with van der Waals surface area (Å²) < 4.78 is 5.48. The van der Waals surface area contributed by atoms with Crippen molar-refractivity contribution < 1.29 is 14.3 Å². The van der Waals surface area contributed by atoms with Crippen molar-refractivity contribution >= 4 is 23.6 Å². The van der Waals surface area contributed by atoms with Gasteiger partial charge in [-0.3, -0.25) is 9.59 Å². The van der Waals surface area contributed by atoms with Crippen LogP contribution < -0.4 is 10.1 Å². The van der Waals surface area contributed by atoms with Gasteiger partial charge in [0.2, 0.25) is 5.91 Å². The van der Waals surface area contributed by atoms with Crippen LogP contribution in [0.3, 0.4) is 0 Å². The molecule has 1 aliphatic rings. The summed E-state index contributed by atoms with van der Waals surface area (Å²) >= 11 is 1.64. The molecule has 2 atom stereocenters. The van der Waals surface area contributed by atoms with Crippen molar-refractivity contribution in [2.45, 2.75) is 31.7 Å². The maximum atomic E-state index is 12.8. The number of hydrogen-bond donors (Lipinski definition) is 1. The molecule has 6 heteroatoms. The van der Waals surface area contributed by atoms with Gasteiger partial charge in [-0.05, 0) is 61.2 Å². The zero-order chi connectivity index (χ0) is 23.9. The number of carbonyl (C=O) groups is 2. The third-order valence-electron chi connectivity index (χ3n) is 5.95. The fraction of sp³-hybridized carbons (Fsp3) is 0.286. The average molecular weight is 475 g/mol. The van der Waals surface area contributed by atoms with E-state index in [-0.39, 0.29) is 23.2 Å². The molecule has 1 aliphatic heterocycles. The predicted molar refractivity (Wildman–Crippen MR) is 137 cm³/mol. The molecule has 3 aromatic carbocycles. The molecule has 34 heavy (non-hydrogen) atoms. The highest BCUT2D eigenvalue weighted by Gasteiger charge is 2.32. The number of amides is 2. The normalized spacial score (nSPS) is 16.4. The molecular weight excluding hydrogens is 444 g/mol. The van der Waals surface area contributed by atoms with E-state index in [2.05, 4.69) is 17.4 Å². The molecule has 2 unspecified atom stereocenters. The van der Waals surface area contributed by atoms with Crippen molar-refractivity contribution in [3.8, 4) is 5.75 Å². The van der Waals surface area contributed by atoms with Crippen molar-refractivity contribution in [1.82, 2.24) is 10.2 Å². The van der Waals surface area contributed by atoms with E-state index in [1.165, 1.54) is 5.56 Å². The highest BCUT2D eigenvalue weighted by atomic mass is 32.2. The fourth-order valence-electron chi connectivity index (χ4n) is 4.05. The third-order valence-corrected chi connectivity index (χ3v) is 7.21. The Labute approximate surface area is 205 Å². The Hall–Kier alpha value is -3.25. The van der Waals surface area contributed by atoms with Crippen molar-refractivity contribution in [1.29, 1.82) is 0 Å². The van der Waals surface area contributed by atoms with Gasteiger partial charge < -0.3 is 15.0 Å². The summed E-state index contributed by atoms with van der Waals surface area (Å²) in [4.78, 5) is 27.2. The van der Waals surface area contributed by atoms with Crippen LogP contribution >= 0.6 is 11.8 Å². The van der Waals surface area contributed by atoms with Crippen LogP contribution in [0, 0.1) is 0 Å². The van der Waals surface area contributed by atoms with Crippen LogP contribution in [0.25, 0.3) is 0 Å². The van der Waals surface area contributed by atoms with Crippen LogP contribution in [0.2, 0.25) is 0 Å². The molecule has 5 nitrogen and oxygen atoms in total. The minimum absolute atomic E-state index is 0.0175. The van der Waals surface area contributed by atoms with E-state index in [9.17, 15) is 9.59 Å². The molecule has 2 amide bonds. The minimum atomic E-state index is -0.126. The standard InChI is InChI=1S/C28H30N2O3S/c1-3-33-25-15-13-22(14-16-25)20(2)29-27(32)23-9-11-24(12-10-23)28-30(26(31)19-34-28)18-17-21-7-5-4-6-8-21/h4-16,20,28H,3,17-19H2,1-2H3,(H,29,32). The first-order valence-corrected chi connectivity index (χ1v) is 12.7. The summed E-state index contributed by atoms with van der Waals surface area (Å²) in [5.74, 6) is 1.35. The summed E-state index contributed by atoms with van der Waals surface area (Å²) in [6.45, 7) is 5.23. The zero-order valence-electron chi connectivity index (χ0n) is 19.6. The van der Waals surface area contributed by atoms with Gasteiger partial charge in [0.05, 0.1) is 18.4 Å². The molecule has 4 rings (SSSR count). The number of nitrogens with one attached hydrogen (secondary N) is 1. The van der Waals surface area contributed by atoms with E-state index < -0.39 is 0 Å². The molecule has 0 aliphatic carbocycles. The Morgan fingerprint density at radius 2 is 1.76 bits per heavy atom. The molecule has 0 aromatic heterocycles. The lowest BCUT2D eigenvalue weighted by Gasteiger charge is -2.24. The van der Waals surface area contributed by atoms with Crippen LogP contribution in [0.1, 0.15) is 52.3 Å². The van der Waals surface area contributed by atoms with Crippen LogP contribution in [0.5, 0.6) is 5.75 Å². The van der Waals surface area contributed by atoms with E-state index in [4.69, 9.17) is 4.74 Å². The largest absolute Gasteiger partial charge is 0.494 e. The number of ether oxygens (including phenoxy) is 1. The molecule has 1 fully saturated rings. The van der Waals surface area contributed by atoms with Crippen LogP contribution in [0.15, 0.2) is 78.9 Å². The average Bonchev–Trinajstić information content (AvgIpc) is 3.24. The molecule has 1 heterocycles.